The smallest absolute Gasteiger partial charge is 0.225 e. The van der Waals surface area contributed by atoms with Crippen LogP contribution in [0.3, 0.4) is 0 Å². The molecule has 1 aliphatic heterocycles. The van der Waals surface area contributed by atoms with Crippen molar-refractivity contribution in [2.45, 2.75) is 25.7 Å². The molecule has 0 atom stereocenters. The van der Waals surface area contributed by atoms with E-state index in [1.165, 1.54) is 12.8 Å². The van der Waals surface area contributed by atoms with E-state index >= 15 is 0 Å². The molecule has 0 unspecified atom stereocenters. The molecule has 1 saturated carbocycles. The van der Waals surface area contributed by atoms with E-state index in [-0.39, 0.29) is 5.92 Å². The van der Waals surface area contributed by atoms with Gasteiger partial charge in [0.2, 0.25) is 17.7 Å². The van der Waals surface area contributed by atoms with Crippen molar-refractivity contribution in [1.29, 1.82) is 0 Å². The van der Waals surface area contributed by atoms with Gasteiger partial charge in [-0.05, 0) is 37.1 Å². The van der Waals surface area contributed by atoms with Gasteiger partial charge in [-0.25, -0.2) is 9.38 Å². The zero-order valence-electron chi connectivity index (χ0n) is 17.3. The number of hydrogen-bond acceptors (Lipinski definition) is 6. The van der Waals surface area contributed by atoms with E-state index in [4.69, 9.17) is 9.40 Å². The van der Waals surface area contributed by atoms with E-state index in [1.54, 1.807) is 6.26 Å². The number of aromatic nitrogens is 4. The number of benzene rings is 1. The molecule has 8 heteroatoms. The van der Waals surface area contributed by atoms with Gasteiger partial charge in [0.05, 0.1) is 11.8 Å². The summed E-state index contributed by atoms with van der Waals surface area (Å²) in [5.41, 5.74) is 1.64. The van der Waals surface area contributed by atoms with Crippen molar-refractivity contribution in [2.75, 3.05) is 31.1 Å². The first-order valence-electron chi connectivity index (χ1n) is 11.0. The average molecular weight is 416 g/mol. The molecule has 0 N–H and O–H groups in total. The number of amides is 1. The summed E-state index contributed by atoms with van der Waals surface area (Å²) >= 11 is 0. The molecule has 2 fully saturated rings. The van der Waals surface area contributed by atoms with Gasteiger partial charge in [-0.15, -0.1) is 10.2 Å². The summed E-state index contributed by atoms with van der Waals surface area (Å²) in [6.07, 6.45) is 6.08. The number of nitrogens with zero attached hydrogens (tertiary/aromatic N) is 6. The molecule has 4 aromatic rings. The number of hydrogen-bond donors (Lipinski definition) is 0. The van der Waals surface area contributed by atoms with Crippen LogP contribution in [-0.4, -0.2) is 56.6 Å². The molecule has 31 heavy (non-hydrogen) atoms. The predicted octanol–water partition coefficient (Wildman–Crippen LogP) is 3.38. The molecule has 8 nitrogen and oxygen atoms in total. The third-order valence-electron chi connectivity index (χ3n) is 6.55. The molecule has 1 aliphatic carbocycles. The fourth-order valence-electron chi connectivity index (χ4n) is 4.90. The minimum Gasteiger partial charge on any atom is -0.461 e. The Balaban J connectivity index is 1.38. The predicted molar refractivity (Wildman–Crippen MR) is 117 cm³/mol. The van der Waals surface area contributed by atoms with E-state index in [2.05, 4.69) is 15.1 Å². The van der Waals surface area contributed by atoms with E-state index < -0.39 is 0 Å². The van der Waals surface area contributed by atoms with Crippen LogP contribution in [0.15, 0.2) is 47.1 Å². The third kappa shape index (κ3) is 3.05. The summed E-state index contributed by atoms with van der Waals surface area (Å²) in [6.45, 7) is 2.89. The lowest BCUT2D eigenvalue weighted by Gasteiger charge is -2.36. The number of piperazine rings is 1. The highest BCUT2D eigenvalue weighted by Crippen LogP contribution is 2.30. The highest BCUT2D eigenvalue weighted by atomic mass is 16.3. The van der Waals surface area contributed by atoms with Crippen LogP contribution in [0.5, 0.6) is 0 Å². The van der Waals surface area contributed by atoms with Gasteiger partial charge in [0, 0.05) is 37.5 Å². The second-order valence-electron chi connectivity index (χ2n) is 8.38. The van der Waals surface area contributed by atoms with Crippen LogP contribution in [0.2, 0.25) is 0 Å². The molecular formula is C23H24N6O2. The second kappa shape index (κ2) is 7.37. The van der Waals surface area contributed by atoms with E-state index in [0.29, 0.717) is 30.6 Å². The SMILES string of the molecule is O=C(C1CCCC1)N1CCN(c2nc3ccccc3c3nnc(-c4ccco4)n23)CC1. The Morgan fingerprint density at radius 3 is 2.55 bits per heavy atom. The third-order valence-corrected chi connectivity index (χ3v) is 6.55. The van der Waals surface area contributed by atoms with Crippen molar-refractivity contribution >= 4 is 28.4 Å². The molecule has 1 aromatic carbocycles. The van der Waals surface area contributed by atoms with Crippen molar-refractivity contribution in [3.05, 3.63) is 42.7 Å². The van der Waals surface area contributed by atoms with Crippen LogP contribution in [0.1, 0.15) is 25.7 Å². The summed E-state index contributed by atoms with van der Waals surface area (Å²) in [5, 5.41) is 9.85. The minimum absolute atomic E-state index is 0.223. The van der Waals surface area contributed by atoms with E-state index in [1.807, 2.05) is 45.7 Å². The Labute approximate surface area is 179 Å². The number of anilines is 1. The Bertz CT molecular complexity index is 1230. The summed E-state index contributed by atoms with van der Waals surface area (Å²) in [4.78, 5) is 22.1. The monoisotopic (exact) mass is 416 g/mol. The highest BCUT2D eigenvalue weighted by molar-refractivity contribution is 5.93. The summed E-state index contributed by atoms with van der Waals surface area (Å²) in [5.74, 6) is 2.63. The Morgan fingerprint density at radius 1 is 0.968 bits per heavy atom. The standard InChI is InChI=1S/C23H24N6O2/c30-22(16-6-1-2-7-16)27-11-13-28(14-12-27)23-24-18-9-4-3-8-17(18)20-25-26-21(29(20)23)19-10-5-15-31-19/h3-5,8-10,15-16H,1-2,6-7,11-14H2. The molecule has 0 spiro atoms. The van der Waals surface area contributed by atoms with Crippen molar-refractivity contribution in [2.24, 2.45) is 5.92 Å². The van der Waals surface area contributed by atoms with Gasteiger partial charge in [0.25, 0.3) is 0 Å². The summed E-state index contributed by atoms with van der Waals surface area (Å²) < 4.78 is 7.61. The molecule has 158 valence electrons. The van der Waals surface area contributed by atoms with Gasteiger partial charge in [-0.3, -0.25) is 4.79 Å². The fraction of sp³-hybridized carbons (Fsp3) is 0.391. The van der Waals surface area contributed by atoms with Crippen LogP contribution < -0.4 is 4.90 Å². The van der Waals surface area contributed by atoms with Gasteiger partial charge in [-0.2, -0.15) is 0 Å². The van der Waals surface area contributed by atoms with Crippen LogP contribution in [-0.2, 0) is 4.79 Å². The van der Waals surface area contributed by atoms with Crippen molar-refractivity contribution in [3.8, 4) is 11.6 Å². The van der Waals surface area contributed by atoms with Gasteiger partial charge < -0.3 is 14.2 Å². The first-order chi connectivity index (χ1) is 15.3. The Kier molecular flexibility index (Phi) is 4.36. The number of fused-ring (bicyclic) bond motifs is 3. The van der Waals surface area contributed by atoms with Crippen molar-refractivity contribution in [1.82, 2.24) is 24.5 Å². The molecule has 0 radical (unpaired) electrons. The fourth-order valence-corrected chi connectivity index (χ4v) is 4.90. The van der Waals surface area contributed by atoms with E-state index in [0.717, 1.165) is 48.4 Å². The molecule has 4 heterocycles. The molecular weight excluding hydrogens is 392 g/mol. The number of furan rings is 1. The first kappa shape index (κ1) is 18.4. The number of carbonyl (C=O) groups is 1. The normalized spacial score (nSPS) is 17.8. The highest BCUT2D eigenvalue weighted by Gasteiger charge is 2.31. The topological polar surface area (TPSA) is 79.8 Å². The second-order valence-corrected chi connectivity index (χ2v) is 8.38. The quantitative estimate of drug-likeness (QED) is 0.509. The number of para-hydroxylation sites is 1. The number of carbonyl (C=O) groups excluding carboxylic acids is 1. The maximum atomic E-state index is 12.9. The van der Waals surface area contributed by atoms with Crippen molar-refractivity contribution < 1.29 is 9.21 Å². The lowest BCUT2D eigenvalue weighted by molar-refractivity contribution is -0.135. The maximum Gasteiger partial charge on any atom is 0.225 e. The first-order valence-corrected chi connectivity index (χ1v) is 11.0. The summed E-state index contributed by atoms with van der Waals surface area (Å²) in [7, 11) is 0. The molecule has 2 aliphatic rings. The average Bonchev–Trinajstić information content (AvgIpc) is 3.59. The van der Waals surface area contributed by atoms with E-state index in [9.17, 15) is 4.79 Å². The van der Waals surface area contributed by atoms with Gasteiger partial charge in [0.15, 0.2) is 11.4 Å². The Morgan fingerprint density at radius 2 is 1.77 bits per heavy atom. The molecule has 3 aromatic heterocycles. The van der Waals surface area contributed by atoms with Crippen LogP contribution in [0, 0.1) is 5.92 Å². The largest absolute Gasteiger partial charge is 0.461 e. The number of rotatable bonds is 3. The minimum atomic E-state index is 0.223. The molecule has 6 rings (SSSR count). The molecule has 1 amide bonds. The van der Waals surface area contributed by atoms with Crippen molar-refractivity contribution in [3.63, 3.8) is 0 Å². The molecule has 1 saturated heterocycles. The zero-order chi connectivity index (χ0) is 20.8. The lowest BCUT2D eigenvalue weighted by atomic mass is 10.1. The summed E-state index contributed by atoms with van der Waals surface area (Å²) in [6, 6.07) is 11.7. The van der Waals surface area contributed by atoms with Gasteiger partial charge in [-0.1, -0.05) is 25.0 Å². The maximum absolute atomic E-state index is 12.9. The van der Waals surface area contributed by atoms with Crippen LogP contribution in [0.25, 0.3) is 28.1 Å². The zero-order valence-corrected chi connectivity index (χ0v) is 17.3. The lowest BCUT2D eigenvalue weighted by Crippen LogP contribution is -2.50. The molecule has 0 bridgehead atoms. The van der Waals surface area contributed by atoms with Crippen LogP contribution in [0.4, 0.5) is 5.95 Å². The van der Waals surface area contributed by atoms with Crippen LogP contribution >= 0.6 is 0 Å². The van der Waals surface area contributed by atoms with Gasteiger partial charge >= 0.3 is 0 Å². The Hall–Kier alpha value is -3.42. The van der Waals surface area contributed by atoms with Gasteiger partial charge in [0.1, 0.15) is 0 Å².